The first-order valence-electron chi connectivity index (χ1n) is 5.54. The summed E-state index contributed by atoms with van der Waals surface area (Å²) in [5.74, 6) is 1.75. The second kappa shape index (κ2) is 2.37. The van der Waals surface area contributed by atoms with Crippen LogP contribution < -0.4 is 0 Å². The first-order chi connectivity index (χ1) is 6.52. The Morgan fingerprint density at radius 1 is 1.29 bits per heavy atom. The van der Waals surface area contributed by atoms with Gasteiger partial charge in [-0.2, -0.15) is 10.2 Å². The number of nitrogens with zero attached hydrogens (tertiary/aromatic N) is 2. The molecular formula is C11H18N2S. The lowest BCUT2D eigenvalue weighted by atomic mass is 9.68. The summed E-state index contributed by atoms with van der Waals surface area (Å²) in [6, 6.07) is 0. The van der Waals surface area contributed by atoms with Gasteiger partial charge in [0.15, 0.2) is 0 Å². The summed E-state index contributed by atoms with van der Waals surface area (Å²) in [6.07, 6.45) is 4.13. The lowest BCUT2D eigenvalue weighted by Gasteiger charge is -2.47. The topological polar surface area (TPSA) is 24.7 Å². The first-order valence-corrected chi connectivity index (χ1v) is 6.53. The van der Waals surface area contributed by atoms with Crippen LogP contribution in [0.15, 0.2) is 10.2 Å². The van der Waals surface area contributed by atoms with Gasteiger partial charge in [0.05, 0.1) is 0 Å². The summed E-state index contributed by atoms with van der Waals surface area (Å²) < 4.78 is 0. The van der Waals surface area contributed by atoms with E-state index in [0.29, 0.717) is 10.8 Å². The van der Waals surface area contributed by atoms with Crippen LogP contribution in [0, 0.1) is 16.7 Å². The zero-order valence-electron chi connectivity index (χ0n) is 9.21. The summed E-state index contributed by atoms with van der Waals surface area (Å²) in [7, 11) is 0. The van der Waals surface area contributed by atoms with Gasteiger partial charge in [-0.1, -0.05) is 20.8 Å². The van der Waals surface area contributed by atoms with Crippen LogP contribution in [0.5, 0.6) is 0 Å². The number of azo groups is 1. The molecule has 2 nitrogen and oxygen atoms in total. The third kappa shape index (κ3) is 0.742. The highest BCUT2D eigenvalue weighted by Crippen LogP contribution is 2.74. The van der Waals surface area contributed by atoms with Gasteiger partial charge in [-0.15, -0.1) is 11.8 Å². The van der Waals surface area contributed by atoms with Gasteiger partial charge >= 0.3 is 0 Å². The maximum atomic E-state index is 4.66. The van der Waals surface area contributed by atoms with Crippen molar-refractivity contribution < 1.29 is 0 Å². The molecule has 2 fully saturated rings. The molecule has 2 saturated carbocycles. The van der Waals surface area contributed by atoms with E-state index in [2.05, 4.69) is 31.0 Å². The maximum Gasteiger partial charge on any atom is 0.139 e. The maximum absolute atomic E-state index is 4.66. The highest BCUT2D eigenvalue weighted by atomic mass is 32.2. The number of fused-ring (bicyclic) bond motifs is 3. The molecule has 3 aliphatic rings. The van der Waals surface area contributed by atoms with Crippen molar-refractivity contribution >= 4 is 11.8 Å². The molecule has 0 saturated heterocycles. The molecule has 0 radical (unpaired) electrons. The lowest BCUT2D eigenvalue weighted by molar-refractivity contribution is 0.113. The van der Waals surface area contributed by atoms with E-state index in [1.807, 2.05) is 11.8 Å². The average molecular weight is 210 g/mol. The monoisotopic (exact) mass is 210 g/mol. The highest BCUT2D eigenvalue weighted by Gasteiger charge is 2.70. The number of hydrogen-bond acceptors (Lipinski definition) is 3. The van der Waals surface area contributed by atoms with Gasteiger partial charge in [0.2, 0.25) is 0 Å². The Bertz CT molecular complexity index is 306. The van der Waals surface area contributed by atoms with E-state index in [-0.39, 0.29) is 4.87 Å². The fourth-order valence-electron chi connectivity index (χ4n) is 4.11. The average Bonchev–Trinajstić information content (AvgIpc) is 2.72. The van der Waals surface area contributed by atoms with Crippen LogP contribution in [0.1, 0.15) is 40.0 Å². The molecule has 2 aliphatic carbocycles. The largest absolute Gasteiger partial charge is 0.182 e. The van der Waals surface area contributed by atoms with Crippen molar-refractivity contribution in [3.63, 3.8) is 0 Å². The van der Waals surface area contributed by atoms with Gasteiger partial charge < -0.3 is 0 Å². The normalized spacial score (nSPS) is 53.5. The van der Waals surface area contributed by atoms with Gasteiger partial charge in [0.1, 0.15) is 10.7 Å². The van der Waals surface area contributed by atoms with Crippen LogP contribution in [0.25, 0.3) is 0 Å². The molecule has 0 N–H and O–H groups in total. The third-order valence-electron chi connectivity index (χ3n) is 5.00. The van der Waals surface area contributed by atoms with Gasteiger partial charge in [0.25, 0.3) is 0 Å². The molecule has 0 amide bonds. The molecule has 0 aromatic carbocycles. The van der Waals surface area contributed by atoms with Crippen molar-refractivity contribution in [2.24, 2.45) is 27.0 Å². The fourth-order valence-corrected chi connectivity index (χ4v) is 5.60. The van der Waals surface area contributed by atoms with E-state index in [9.17, 15) is 0 Å². The summed E-state index contributed by atoms with van der Waals surface area (Å²) in [5, 5.41) is 8.93. The Morgan fingerprint density at radius 3 is 2.57 bits per heavy atom. The van der Waals surface area contributed by atoms with Crippen LogP contribution in [0.4, 0.5) is 0 Å². The van der Waals surface area contributed by atoms with E-state index in [1.54, 1.807) is 0 Å². The van der Waals surface area contributed by atoms with E-state index in [1.165, 1.54) is 19.3 Å². The zero-order valence-corrected chi connectivity index (χ0v) is 10.0. The Labute approximate surface area is 89.9 Å². The predicted octanol–water partition coefficient (Wildman–Crippen LogP) is 3.69. The molecule has 14 heavy (non-hydrogen) atoms. The van der Waals surface area contributed by atoms with E-state index < -0.39 is 0 Å². The Kier molecular flexibility index (Phi) is 1.55. The molecular weight excluding hydrogens is 192 g/mol. The second-order valence-electron chi connectivity index (χ2n) is 5.88. The van der Waals surface area contributed by atoms with Crippen molar-refractivity contribution in [1.29, 1.82) is 0 Å². The Morgan fingerprint density at radius 2 is 2.07 bits per heavy atom. The summed E-state index contributed by atoms with van der Waals surface area (Å²) >= 11 is 1.99. The minimum absolute atomic E-state index is 0.114. The molecule has 1 aliphatic heterocycles. The lowest BCUT2D eigenvalue weighted by Crippen LogP contribution is -2.48. The van der Waals surface area contributed by atoms with Gasteiger partial charge in [-0.25, -0.2) is 0 Å². The molecule has 3 heteroatoms. The van der Waals surface area contributed by atoms with Crippen molar-refractivity contribution in [1.82, 2.24) is 0 Å². The molecule has 2 bridgehead atoms. The standard InChI is InChI=1S/C11H18N2S/c1-9(2)8-4-5-10(3,6-8)11(9)13-12-7-14-11/h8H,4-7H2,1-3H3/t8-,10+,11-/m0/s1. The number of hydrogen-bond donors (Lipinski definition) is 0. The van der Waals surface area contributed by atoms with Crippen molar-refractivity contribution in [2.75, 3.05) is 5.88 Å². The van der Waals surface area contributed by atoms with Crippen LogP contribution >= 0.6 is 11.8 Å². The quantitative estimate of drug-likeness (QED) is 0.598. The SMILES string of the molecule is CC1(C)[C@H]2CC[C@](C)(C2)[C@]12N=NCS2. The molecule has 3 rings (SSSR count). The minimum Gasteiger partial charge on any atom is -0.182 e. The van der Waals surface area contributed by atoms with E-state index in [4.69, 9.17) is 0 Å². The zero-order chi connectivity index (χ0) is 10.0. The van der Waals surface area contributed by atoms with E-state index in [0.717, 1.165) is 11.8 Å². The van der Waals surface area contributed by atoms with Gasteiger partial charge in [0, 0.05) is 10.8 Å². The van der Waals surface area contributed by atoms with E-state index >= 15 is 0 Å². The van der Waals surface area contributed by atoms with Crippen LogP contribution in [0.3, 0.4) is 0 Å². The summed E-state index contributed by atoms with van der Waals surface area (Å²) in [6.45, 7) is 7.23. The second-order valence-corrected chi connectivity index (χ2v) is 7.02. The fraction of sp³-hybridized carbons (Fsp3) is 1.00. The van der Waals surface area contributed by atoms with Crippen molar-refractivity contribution in [2.45, 2.75) is 44.9 Å². The molecule has 0 aromatic heterocycles. The molecule has 1 spiro atoms. The third-order valence-corrected chi connectivity index (χ3v) is 6.76. The summed E-state index contributed by atoms with van der Waals surface area (Å²) in [5.41, 5.74) is 0.774. The number of rotatable bonds is 0. The first kappa shape index (κ1) is 9.20. The number of thioether (sulfide) groups is 1. The molecule has 3 atom stereocenters. The molecule has 1 heterocycles. The Hall–Kier alpha value is -0.0500. The smallest absolute Gasteiger partial charge is 0.139 e. The van der Waals surface area contributed by atoms with Crippen molar-refractivity contribution in [3.05, 3.63) is 0 Å². The van der Waals surface area contributed by atoms with Crippen LogP contribution in [0.2, 0.25) is 0 Å². The molecule has 78 valence electrons. The minimum atomic E-state index is 0.114. The Balaban J connectivity index is 2.14. The van der Waals surface area contributed by atoms with Crippen LogP contribution in [-0.2, 0) is 0 Å². The predicted molar refractivity (Wildman–Crippen MR) is 59.3 cm³/mol. The highest BCUT2D eigenvalue weighted by molar-refractivity contribution is 8.00. The van der Waals surface area contributed by atoms with Crippen LogP contribution in [-0.4, -0.2) is 10.7 Å². The van der Waals surface area contributed by atoms with Gasteiger partial charge in [-0.05, 0) is 25.2 Å². The molecule has 0 unspecified atom stereocenters. The van der Waals surface area contributed by atoms with Gasteiger partial charge in [-0.3, -0.25) is 0 Å². The van der Waals surface area contributed by atoms with Crippen molar-refractivity contribution in [3.8, 4) is 0 Å². The molecule has 0 aromatic rings. The summed E-state index contributed by atoms with van der Waals surface area (Å²) in [4.78, 5) is 0.114.